The zero-order chi connectivity index (χ0) is 23.4. The predicted octanol–water partition coefficient (Wildman–Crippen LogP) is 8.15. The number of esters is 1. The average molecular weight is 453 g/mol. The Labute approximate surface area is 196 Å². The third kappa shape index (κ3) is 5.54. The molecule has 0 amide bonds. The van der Waals surface area contributed by atoms with Crippen LogP contribution in [0.5, 0.6) is 5.75 Å². The maximum absolute atomic E-state index is 14.0. The van der Waals surface area contributed by atoms with Gasteiger partial charge in [-0.05, 0) is 112 Å². The summed E-state index contributed by atoms with van der Waals surface area (Å²) >= 11 is 0. The minimum absolute atomic E-state index is 0.175. The summed E-state index contributed by atoms with van der Waals surface area (Å²) in [5.41, 5.74) is 1.77. The Bertz CT molecular complexity index is 995. The molecule has 2 aromatic rings. The lowest BCUT2D eigenvalue weighted by Gasteiger charge is -2.42. The van der Waals surface area contributed by atoms with Crippen LogP contribution < -0.4 is 4.74 Å². The molecule has 2 saturated carbocycles. The van der Waals surface area contributed by atoms with Crippen molar-refractivity contribution in [1.29, 1.82) is 0 Å². The topological polar surface area (TPSA) is 26.3 Å². The van der Waals surface area contributed by atoms with E-state index in [9.17, 15) is 13.6 Å². The van der Waals surface area contributed by atoms with Gasteiger partial charge in [0.2, 0.25) is 5.82 Å². The molecular formula is C29H34F2O2. The summed E-state index contributed by atoms with van der Waals surface area (Å²) < 4.78 is 32.9. The maximum atomic E-state index is 14.0. The van der Waals surface area contributed by atoms with E-state index in [-0.39, 0.29) is 11.3 Å². The number of carbonyl (C=O) groups is 1. The van der Waals surface area contributed by atoms with Crippen molar-refractivity contribution in [2.24, 2.45) is 17.8 Å². The Morgan fingerprint density at radius 3 is 2.45 bits per heavy atom. The summed E-state index contributed by atoms with van der Waals surface area (Å²) in [5, 5.41) is 0. The largest absolute Gasteiger partial charge is 0.420 e. The second-order valence-corrected chi connectivity index (χ2v) is 9.88. The first-order valence-corrected chi connectivity index (χ1v) is 12.3. The number of aryl methyl sites for hydroxylation is 1. The van der Waals surface area contributed by atoms with E-state index in [0.717, 1.165) is 17.8 Å². The lowest BCUT2D eigenvalue weighted by Crippen LogP contribution is -2.30. The third-order valence-corrected chi connectivity index (χ3v) is 7.76. The van der Waals surface area contributed by atoms with Crippen LogP contribution in [0.2, 0.25) is 0 Å². The molecule has 0 bridgehead atoms. The van der Waals surface area contributed by atoms with Gasteiger partial charge in [0.25, 0.3) is 0 Å². The quantitative estimate of drug-likeness (QED) is 0.251. The monoisotopic (exact) mass is 452 g/mol. The van der Waals surface area contributed by atoms with Crippen molar-refractivity contribution in [3.8, 4) is 5.75 Å². The molecule has 4 atom stereocenters. The average Bonchev–Trinajstić information content (AvgIpc) is 2.84. The van der Waals surface area contributed by atoms with E-state index in [2.05, 4.69) is 19.1 Å². The van der Waals surface area contributed by atoms with Crippen LogP contribution in [0.4, 0.5) is 8.78 Å². The van der Waals surface area contributed by atoms with E-state index in [1.165, 1.54) is 76.0 Å². The lowest BCUT2D eigenvalue weighted by molar-refractivity contribution is 0.0726. The fourth-order valence-corrected chi connectivity index (χ4v) is 5.81. The first-order valence-electron chi connectivity index (χ1n) is 12.3. The van der Waals surface area contributed by atoms with Crippen LogP contribution in [-0.4, -0.2) is 5.97 Å². The lowest BCUT2D eigenvalue weighted by atomic mass is 9.63. The van der Waals surface area contributed by atoms with Gasteiger partial charge >= 0.3 is 5.97 Å². The Morgan fingerprint density at radius 1 is 0.970 bits per heavy atom. The van der Waals surface area contributed by atoms with E-state index in [1.807, 2.05) is 12.1 Å². The number of carbonyl (C=O) groups excluding carboxylic acids is 1. The highest BCUT2D eigenvalue weighted by Gasteiger charge is 2.35. The fourth-order valence-electron chi connectivity index (χ4n) is 5.81. The predicted molar refractivity (Wildman–Crippen MR) is 127 cm³/mol. The normalized spacial score (nSPS) is 25.1. The van der Waals surface area contributed by atoms with Crippen molar-refractivity contribution in [3.63, 3.8) is 0 Å². The molecule has 0 spiro atoms. The number of rotatable bonds is 6. The molecule has 2 nitrogen and oxygen atoms in total. The minimum Gasteiger partial charge on any atom is -0.420 e. The van der Waals surface area contributed by atoms with Crippen molar-refractivity contribution in [2.45, 2.75) is 71.1 Å². The molecule has 0 N–H and O–H groups in total. The summed E-state index contributed by atoms with van der Waals surface area (Å²) in [6.07, 6.45) is 14.8. The second kappa shape index (κ2) is 10.6. The van der Waals surface area contributed by atoms with Gasteiger partial charge in [-0.3, -0.25) is 0 Å². The summed E-state index contributed by atoms with van der Waals surface area (Å²) in [7, 11) is 0. The number of halogens is 2. The first kappa shape index (κ1) is 23.7. The molecule has 0 aliphatic heterocycles. The van der Waals surface area contributed by atoms with E-state index >= 15 is 0 Å². The van der Waals surface area contributed by atoms with Gasteiger partial charge in [-0.1, -0.05) is 36.8 Å². The van der Waals surface area contributed by atoms with Crippen LogP contribution in [0.3, 0.4) is 0 Å². The van der Waals surface area contributed by atoms with Gasteiger partial charge in [0.1, 0.15) is 0 Å². The molecule has 2 aliphatic rings. The van der Waals surface area contributed by atoms with Crippen molar-refractivity contribution in [2.75, 3.05) is 0 Å². The van der Waals surface area contributed by atoms with Crippen LogP contribution in [0, 0.1) is 36.3 Å². The van der Waals surface area contributed by atoms with Gasteiger partial charge in [0.15, 0.2) is 11.6 Å². The molecule has 4 rings (SSSR count). The van der Waals surface area contributed by atoms with Gasteiger partial charge in [-0.15, -0.1) is 0 Å². The zero-order valence-corrected chi connectivity index (χ0v) is 19.7. The molecule has 0 radical (unpaired) electrons. The second-order valence-electron chi connectivity index (χ2n) is 9.88. The highest BCUT2D eigenvalue weighted by atomic mass is 19.2. The maximum Gasteiger partial charge on any atom is 0.343 e. The molecule has 0 saturated heterocycles. The Balaban J connectivity index is 1.34. The molecule has 2 aromatic carbocycles. The molecular weight excluding hydrogens is 418 g/mol. The number of ether oxygens (including phenoxy) is 1. The molecule has 176 valence electrons. The Kier molecular flexibility index (Phi) is 7.62. The Hall–Kier alpha value is -2.49. The molecule has 0 aromatic heterocycles. The molecule has 2 fully saturated rings. The summed E-state index contributed by atoms with van der Waals surface area (Å²) in [6, 6.07) is 10.2. The van der Waals surface area contributed by atoms with Crippen LogP contribution in [0.15, 0.2) is 48.6 Å². The van der Waals surface area contributed by atoms with Crippen LogP contribution >= 0.6 is 0 Å². The van der Waals surface area contributed by atoms with E-state index in [0.29, 0.717) is 11.5 Å². The summed E-state index contributed by atoms with van der Waals surface area (Å²) in [4.78, 5) is 12.4. The molecule has 33 heavy (non-hydrogen) atoms. The highest BCUT2D eigenvalue weighted by Crippen LogP contribution is 2.48. The van der Waals surface area contributed by atoms with Gasteiger partial charge in [-0.25, -0.2) is 9.18 Å². The number of hydrogen-bond donors (Lipinski definition) is 0. The number of allylic oxidation sites excluding steroid dienone is 2. The van der Waals surface area contributed by atoms with E-state index in [4.69, 9.17) is 4.74 Å². The first-order chi connectivity index (χ1) is 16.0. The van der Waals surface area contributed by atoms with Crippen LogP contribution in [0.25, 0.3) is 0 Å². The summed E-state index contributed by atoms with van der Waals surface area (Å²) in [5.74, 6) is -0.0899. The molecule has 4 unspecified atom stereocenters. The SMILES string of the molecule is C/C=C/CCC1CCC2CC(c3ccc(C(=O)Oc4ccc(C)c(F)c4F)cc3)CCC2C1. The van der Waals surface area contributed by atoms with Crippen molar-refractivity contribution in [3.05, 3.63) is 76.9 Å². The smallest absolute Gasteiger partial charge is 0.343 e. The summed E-state index contributed by atoms with van der Waals surface area (Å²) in [6.45, 7) is 3.56. The zero-order valence-electron chi connectivity index (χ0n) is 19.7. The van der Waals surface area contributed by atoms with E-state index in [1.54, 1.807) is 12.1 Å². The van der Waals surface area contributed by atoms with Gasteiger partial charge in [-0.2, -0.15) is 4.39 Å². The Morgan fingerprint density at radius 2 is 1.70 bits per heavy atom. The fraction of sp³-hybridized carbons (Fsp3) is 0.483. The van der Waals surface area contributed by atoms with Crippen molar-refractivity contribution < 1.29 is 18.3 Å². The van der Waals surface area contributed by atoms with Crippen molar-refractivity contribution in [1.82, 2.24) is 0 Å². The number of benzene rings is 2. The molecule has 2 aliphatic carbocycles. The van der Waals surface area contributed by atoms with Gasteiger partial charge in [0, 0.05) is 0 Å². The molecule has 0 heterocycles. The standard InChI is InChI=1S/C29H34F2O2/c1-3-4-5-6-20-8-9-25-18-24(15-14-23(25)17-20)21-10-12-22(13-11-21)29(32)33-26-16-7-19(2)27(30)28(26)31/h3-4,7,10-13,16,20,23-25H,5-6,8-9,14-15,17-18H2,1-2H3/b4-3+. The minimum atomic E-state index is -1.13. The molecule has 4 heteroatoms. The third-order valence-electron chi connectivity index (χ3n) is 7.76. The number of hydrogen-bond acceptors (Lipinski definition) is 2. The van der Waals surface area contributed by atoms with Crippen LogP contribution in [0.1, 0.15) is 85.7 Å². The van der Waals surface area contributed by atoms with Gasteiger partial charge < -0.3 is 4.74 Å². The van der Waals surface area contributed by atoms with E-state index < -0.39 is 17.6 Å². The van der Waals surface area contributed by atoms with Crippen molar-refractivity contribution >= 4 is 5.97 Å². The number of fused-ring (bicyclic) bond motifs is 1. The highest BCUT2D eigenvalue weighted by molar-refractivity contribution is 5.91. The van der Waals surface area contributed by atoms with Crippen LogP contribution in [-0.2, 0) is 0 Å². The van der Waals surface area contributed by atoms with Gasteiger partial charge in [0.05, 0.1) is 5.56 Å².